The van der Waals surface area contributed by atoms with Crippen LogP contribution >= 0.6 is 12.2 Å². The molecule has 15 heavy (non-hydrogen) atoms. The number of anilines is 1. The predicted molar refractivity (Wildman–Crippen MR) is 68.4 cm³/mol. The first-order valence-electron chi connectivity index (χ1n) is 5.38. The van der Waals surface area contributed by atoms with Crippen LogP contribution in [0.2, 0.25) is 0 Å². The van der Waals surface area contributed by atoms with E-state index in [-0.39, 0.29) is 0 Å². The van der Waals surface area contributed by atoms with Gasteiger partial charge in [0.2, 0.25) is 0 Å². The van der Waals surface area contributed by atoms with Gasteiger partial charge in [-0.1, -0.05) is 30.4 Å². The van der Waals surface area contributed by atoms with Crippen molar-refractivity contribution in [3.05, 3.63) is 29.8 Å². The standard InChI is InChI=1S/C12H16N2S/c13-12(15)7-9-14-8-3-5-10-4-1-2-6-11(10)14/h1-2,4,6H,3,5,7-9H2,(H2,13,15). The topological polar surface area (TPSA) is 29.3 Å². The highest BCUT2D eigenvalue weighted by atomic mass is 32.1. The molecule has 0 saturated heterocycles. The van der Waals surface area contributed by atoms with E-state index in [4.69, 9.17) is 18.0 Å². The molecule has 0 atom stereocenters. The molecule has 0 saturated carbocycles. The predicted octanol–water partition coefficient (Wildman–Crippen LogP) is 2.12. The van der Waals surface area contributed by atoms with Gasteiger partial charge in [0.05, 0.1) is 4.99 Å². The Balaban J connectivity index is 2.11. The van der Waals surface area contributed by atoms with Crippen LogP contribution in [0.15, 0.2) is 24.3 Å². The van der Waals surface area contributed by atoms with Crippen molar-refractivity contribution in [1.29, 1.82) is 0 Å². The molecule has 0 aromatic heterocycles. The molecular formula is C12H16N2S. The fourth-order valence-electron chi connectivity index (χ4n) is 2.09. The lowest BCUT2D eigenvalue weighted by molar-refractivity contribution is 0.698. The van der Waals surface area contributed by atoms with Gasteiger partial charge in [-0.05, 0) is 24.5 Å². The van der Waals surface area contributed by atoms with Crippen LogP contribution in [-0.2, 0) is 6.42 Å². The molecule has 2 N–H and O–H groups in total. The highest BCUT2D eigenvalue weighted by Gasteiger charge is 2.15. The fraction of sp³-hybridized carbons (Fsp3) is 0.417. The molecule has 2 nitrogen and oxygen atoms in total. The van der Waals surface area contributed by atoms with Crippen LogP contribution in [0.1, 0.15) is 18.4 Å². The highest BCUT2D eigenvalue weighted by Crippen LogP contribution is 2.26. The van der Waals surface area contributed by atoms with Crippen molar-refractivity contribution in [2.75, 3.05) is 18.0 Å². The lowest BCUT2D eigenvalue weighted by Crippen LogP contribution is -2.32. The van der Waals surface area contributed by atoms with Gasteiger partial charge in [0, 0.05) is 25.2 Å². The monoisotopic (exact) mass is 220 g/mol. The zero-order chi connectivity index (χ0) is 10.7. The Bertz CT molecular complexity index is 362. The Kier molecular flexibility index (Phi) is 3.21. The van der Waals surface area contributed by atoms with E-state index < -0.39 is 0 Å². The van der Waals surface area contributed by atoms with E-state index >= 15 is 0 Å². The molecule has 0 unspecified atom stereocenters. The van der Waals surface area contributed by atoms with E-state index in [1.54, 1.807) is 0 Å². The lowest BCUT2D eigenvalue weighted by Gasteiger charge is -2.31. The molecule has 0 aliphatic carbocycles. The summed E-state index contributed by atoms with van der Waals surface area (Å²) in [6.07, 6.45) is 3.23. The molecule has 0 fully saturated rings. The first kappa shape index (κ1) is 10.4. The smallest absolute Gasteiger partial charge is 0.0745 e. The van der Waals surface area contributed by atoms with E-state index in [1.807, 2.05) is 0 Å². The Morgan fingerprint density at radius 1 is 1.40 bits per heavy atom. The van der Waals surface area contributed by atoms with E-state index in [1.165, 1.54) is 24.1 Å². The van der Waals surface area contributed by atoms with Gasteiger partial charge in [0.25, 0.3) is 0 Å². The van der Waals surface area contributed by atoms with Crippen LogP contribution in [-0.4, -0.2) is 18.1 Å². The van der Waals surface area contributed by atoms with Gasteiger partial charge in [-0.3, -0.25) is 0 Å². The van der Waals surface area contributed by atoms with Crippen molar-refractivity contribution in [1.82, 2.24) is 0 Å². The Morgan fingerprint density at radius 3 is 3.00 bits per heavy atom. The van der Waals surface area contributed by atoms with Gasteiger partial charge in [-0.25, -0.2) is 0 Å². The summed E-state index contributed by atoms with van der Waals surface area (Å²) in [7, 11) is 0. The second kappa shape index (κ2) is 4.62. The van der Waals surface area contributed by atoms with Gasteiger partial charge in [0.15, 0.2) is 0 Å². The number of thiocarbonyl (C=S) groups is 1. The van der Waals surface area contributed by atoms with Gasteiger partial charge in [0.1, 0.15) is 0 Å². The average Bonchev–Trinajstić information content (AvgIpc) is 2.26. The molecule has 80 valence electrons. The molecule has 1 aliphatic heterocycles. The van der Waals surface area contributed by atoms with Crippen molar-refractivity contribution in [2.24, 2.45) is 5.73 Å². The maximum absolute atomic E-state index is 5.53. The summed E-state index contributed by atoms with van der Waals surface area (Å²) in [5.74, 6) is 0. The average molecular weight is 220 g/mol. The first-order chi connectivity index (χ1) is 7.27. The second-order valence-corrected chi connectivity index (χ2v) is 4.46. The summed E-state index contributed by atoms with van der Waals surface area (Å²) in [6, 6.07) is 8.60. The largest absolute Gasteiger partial charge is 0.393 e. The number of rotatable bonds is 3. The number of nitrogens with zero attached hydrogens (tertiary/aromatic N) is 1. The molecular weight excluding hydrogens is 204 g/mol. The van der Waals surface area contributed by atoms with Gasteiger partial charge >= 0.3 is 0 Å². The Morgan fingerprint density at radius 2 is 2.20 bits per heavy atom. The SMILES string of the molecule is NC(=S)CCN1CCCc2ccccc21. The summed E-state index contributed by atoms with van der Waals surface area (Å²) in [5, 5.41) is 0. The van der Waals surface area contributed by atoms with Crippen LogP contribution in [0.4, 0.5) is 5.69 Å². The Hall–Kier alpha value is -1.09. The number of hydrogen-bond donors (Lipinski definition) is 1. The second-order valence-electron chi connectivity index (χ2n) is 3.94. The fourth-order valence-corrected chi connectivity index (χ4v) is 2.18. The summed E-state index contributed by atoms with van der Waals surface area (Å²) >= 11 is 4.91. The molecule has 1 aliphatic rings. The molecule has 2 rings (SSSR count). The van der Waals surface area contributed by atoms with Gasteiger partial charge in [-0.15, -0.1) is 0 Å². The summed E-state index contributed by atoms with van der Waals surface area (Å²) < 4.78 is 0. The van der Waals surface area contributed by atoms with Crippen molar-refractivity contribution >= 4 is 22.9 Å². The van der Waals surface area contributed by atoms with Crippen LogP contribution in [0.5, 0.6) is 0 Å². The number of hydrogen-bond acceptors (Lipinski definition) is 2. The van der Waals surface area contributed by atoms with E-state index in [9.17, 15) is 0 Å². The maximum Gasteiger partial charge on any atom is 0.0745 e. The van der Waals surface area contributed by atoms with E-state index in [0.717, 1.165) is 19.5 Å². The van der Waals surface area contributed by atoms with Crippen LogP contribution in [0.25, 0.3) is 0 Å². The highest BCUT2D eigenvalue weighted by molar-refractivity contribution is 7.80. The third-order valence-electron chi connectivity index (χ3n) is 2.83. The van der Waals surface area contributed by atoms with Crippen LogP contribution in [0.3, 0.4) is 0 Å². The zero-order valence-electron chi connectivity index (χ0n) is 8.78. The third-order valence-corrected chi connectivity index (χ3v) is 3.04. The molecule has 1 aromatic carbocycles. The minimum atomic E-state index is 0.609. The molecule has 0 amide bonds. The lowest BCUT2D eigenvalue weighted by atomic mass is 10.0. The van der Waals surface area contributed by atoms with Crippen LogP contribution in [0, 0.1) is 0 Å². The molecule has 0 radical (unpaired) electrons. The number of para-hydroxylation sites is 1. The molecule has 1 heterocycles. The number of aryl methyl sites for hydroxylation is 1. The molecule has 0 bridgehead atoms. The minimum absolute atomic E-state index is 0.609. The van der Waals surface area contributed by atoms with Gasteiger partial charge in [-0.2, -0.15) is 0 Å². The first-order valence-corrected chi connectivity index (χ1v) is 5.79. The van der Waals surface area contributed by atoms with E-state index in [0.29, 0.717) is 4.99 Å². The third kappa shape index (κ3) is 2.48. The van der Waals surface area contributed by atoms with Crippen LogP contribution < -0.4 is 10.6 Å². The van der Waals surface area contributed by atoms with Crippen molar-refractivity contribution in [3.8, 4) is 0 Å². The van der Waals surface area contributed by atoms with E-state index in [2.05, 4.69) is 29.2 Å². The Labute approximate surface area is 96.1 Å². The van der Waals surface area contributed by atoms with Crippen molar-refractivity contribution in [2.45, 2.75) is 19.3 Å². The summed E-state index contributed by atoms with van der Waals surface area (Å²) in [5.41, 5.74) is 8.35. The quantitative estimate of drug-likeness (QED) is 0.791. The minimum Gasteiger partial charge on any atom is -0.393 e. The molecule has 3 heteroatoms. The summed E-state index contributed by atoms with van der Waals surface area (Å²) in [4.78, 5) is 3.00. The normalized spacial score (nSPS) is 14.8. The van der Waals surface area contributed by atoms with Crippen molar-refractivity contribution < 1.29 is 0 Å². The zero-order valence-corrected chi connectivity index (χ0v) is 9.59. The molecule has 0 spiro atoms. The maximum atomic E-state index is 5.53. The van der Waals surface area contributed by atoms with Crippen molar-refractivity contribution in [3.63, 3.8) is 0 Å². The summed E-state index contributed by atoms with van der Waals surface area (Å²) in [6.45, 7) is 2.08. The number of nitrogens with two attached hydrogens (primary N) is 1. The number of fused-ring (bicyclic) bond motifs is 1. The molecule has 1 aromatic rings. The van der Waals surface area contributed by atoms with Gasteiger partial charge < -0.3 is 10.6 Å². The number of benzene rings is 1.